The van der Waals surface area contributed by atoms with Crippen LogP contribution in [0.3, 0.4) is 0 Å². The van der Waals surface area contributed by atoms with Crippen LogP contribution in [0.2, 0.25) is 5.15 Å². The van der Waals surface area contributed by atoms with E-state index < -0.39 is 0 Å². The molecule has 0 aliphatic heterocycles. The Hall–Kier alpha value is -1.29. The Balaban J connectivity index is 2.58. The fraction of sp³-hybridized carbons (Fsp3) is 0.538. The number of anilines is 1. The van der Waals surface area contributed by atoms with Crippen molar-refractivity contribution in [2.24, 2.45) is 0 Å². The molecule has 18 heavy (non-hydrogen) atoms. The lowest BCUT2D eigenvalue weighted by Gasteiger charge is -2.26. The van der Waals surface area contributed by atoms with Gasteiger partial charge in [0.1, 0.15) is 11.0 Å². The lowest BCUT2D eigenvalue weighted by atomic mass is 10.2. The predicted octanol–water partition coefficient (Wildman–Crippen LogP) is 3.32. The molecule has 2 aromatic rings. The molecule has 0 spiro atoms. The van der Waals surface area contributed by atoms with Crippen LogP contribution in [0.25, 0.3) is 5.78 Å². The van der Waals surface area contributed by atoms with Gasteiger partial charge in [-0.15, -0.1) is 0 Å². The molecule has 0 atom stereocenters. The molecule has 0 aliphatic carbocycles. The number of hydrogen-bond donors (Lipinski definition) is 0. The van der Waals surface area contributed by atoms with Crippen molar-refractivity contribution in [2.75, 3.05) is 18.0 Å². The first kappa shape index (κ1) is 13.1. The molecular weight excluding hydrogens is 248 g/mol. The van der Waals surface area contributed by atoms with E-state index in [2.05, 4.69) is 28.7 Å². The average molecular weight is 267 g/mol. The first-order chi connectivity index (χ1) is 8.69. The Morgan fingerprint density at radius 3 is 2.56 bits per heavy atom. The van der Waals surface area contributed by atoms with Crippen LogP contribution in [0.5, 0.6) is 0 Å². The van der Waals surface area contributed by atoms with Gasteiger partial charge in [-0.3, -0.25) is 4.40 Å². The fourth-order valence-corrected chi connectivity index (χ4v) is 2.40. The summed E-state index contributed by atoms with van der Waals surface area (Å²) in [6, 6.07) is 0. The minimum absolute atomic E-state index is 0.543. The number of nitrogens with zero attached hydrogens (tertiary/aromatic N) is 4. The van der Waals surface area contributed by atoms with Crippen molar-refractivity contribution in [3.05, 3.63) is 23.1 Å². The molecule has 0 saturated heterocycles. The number of rotatable bonds is 5. The molecule has 0 N–H and O–H groups in total. The third-order valence-corrected chi connectivity index (χ3v) is 3.35. The maximum atomic E-state index is 6.20. The van der Waals surface area contributed by atoms with Crippen LogP contribution < -0.4 is 4.90 Å². The third kappa shape index (κ3) is 2.29. The van der Waals surface area contributed by atoms with Crippen LogP contribution in [0, 0.1) is 6.92 Å². The highest BCUT2D eigenvalue weighted by Gasteiger charge is 2.16. The summed E-state index contributed by atoms with van der Waals surface area (Å²) in [7, 11) is 0. The summed E-state index contributed by atoms with van der Waals surface area (Å²) in [6.45, 7) is 8.42. The van der Waals surface area contributed by atoms with E-state index in [4.69, 9.17) is 11.6 Å². The molecule has 4 nitrogen and oxygen atoms in total. The van der Waals surface area contributed by atoms with Crippen molar-refractivity contribution in [3.8, 4) is 0 Å². The van der Waals surface area contributed by atoms with Crippen molar-refractivity contribution in [1.82, 2.24) is 14.4 Å². The zero-order valence-corrected chi connectivity index (χ0v) is 11.9. The van der Waals surface area contributed by atoms with Crippen molar-refractivity contribution in [2.45, 2.75) is 33.6 Å². The van der Waals surface area contributed by atoms with E-state index in [1.807, 2.05) is 17.5 Å². The third-order valence-electron chi connectivity index (χ3n) is 2.98. The van der Waals surface area contributed by atoms with E-state index in [1.54, 1.807) is 6.20 Å². The highest BCUT2D eigenvalue weighted by Crippen LogP contribution is 2.26. The summed E-state index contributed by atoms with van der Waals surface area (Å²) in [4.78, 5) is 10.9. The van der Waals surface area contributed by atoms with E-state index in [-0.39, 0.29) is 0 Å². The van der Waals surface area contributed by atoms with Crippen molar-refractivity contribution < 1.29 is 0 Å². The summed E-state index contributed by atoms with van der Waals surface area (Å²) in [5, 5.41) is 0.543. The number of imidazole rings is 1. The standard InChI is InChI=1S/C13H19ClN4/c1-4-7-17(8-5-2)12-10(3)11(14)16-13-15-6-9-18(12)13/h6,9H,4-5,7-8H2,1-3H3. The van der Waals surface area contributed by atoms with Crippen molar-refractivity contribution in [3.63, 3.8) is 0 Å². The van der Waals surface area contributed by atoms with Crippen molar-refractivity contribution >= 4 is 23.2 Å². The van der Waals surface area contributed by atoms with E-state index in [1.165, 1.54) is 0 Å². The van der Waals surface area contributed by atoms with Crippen molar-refractivity contribution in [1.29, 1.82) is 0 Å². The van der Waals surface area contributed by atoms with Crippen LogP contribution in [0.1, 0.15) is 32.3 Å². The van der Waals surface area contributed by atoms with Gasteiger partial charge in [0, 0.05) is 31.0 Å². The van der Waals surface area contributed by atoms with Gasteiger partial charge in [0.2, 0.25) is 5.78 Å². The lowest BCUT2D eigenvalue weighted by Crippen LogP contribution is -2.28. The minimum atomic E-state index is 0.543. The summed E-state index contributed by atoms with van der Waals surface area (Å²) < 4.78 is 2.02. The average Bonchev–Trinajstić information content (AvgIpc) is 2.78. The van der Waals surface area contributed by atoms with Crippen LogP contribution in [0.15, 0.2) is 12.4 Å². The van der Waals surface area contributed by atoms with Gasteiger partial charge in [0.05, 0.1) is 0 Å². The molecular formula is C13H19ClN4. The zero-order chi connectivity index (χ0) is 13.1. The van der Waals surface area contributed by atoms with Gasteiger partial charge in [-0.05, 0) is 19.8 Å². The highest BCUT2D eigenvalue weighted by molar-refractivity contribution is 6.30. The van der Waals surface area contributed by atoms with Gasteiger partial charge < -0.3 is 4.90 Å². The van der Waals surface area contributed by atoms with E-state index in [0.29, 0.717) is 10.9 Å². The SMILES string of the molecule is CCCN(CCC)c1c(C)c(Cl)nc2nccn12. The van der Waals surface area contributed by atoms with Crippen LogP contribution in [0.4, 0.5) is 5.82 Å². The molecule has 0 aliphatic rings. The monoisotopic (exact) mass is 266 g/mol. The largest absolute Gasteiger partial charge is 0.357 e. The molecule has 0 saturated carbocycles. The topological polar surface area (TPSA) is 33.4 Å². The molecule has 0 amide bonds. The molecule has 0 radical (unpaired) electrons. The van der Waals surface area contributed by atoms with Crippen LogP contribution in [-0.4, -0.2) is 27.5 Å². The van der Waals surface area contributed by atoms with Gasteiger partial charge in [-0.1, -0.05) is 25.4 Å². The van der Waals surface area contributed by atoms with Gasteiger partial charge >= 0.3 is 0 Å². The molecule has 98 valence electrons. The van der Waals surface area contributed by atoms with Gasteiger partial charge in [0.25, 0.3) is 0 Å². The predicted molar refractivity (Wildman–Crippen MR) is 75.5 cm³/mol. The minimum Gasteiger partial charge on any atom is -0.357 e. The van der Waals surface area contributed by atoms with Gasteiger partial charge in [0.15, 0.2) is 0 Å². The number of hydrogen-bond acceptors (Lipinski definition) is 3. The number of halogens is 1. The Labute approximate surface area is 113 Å². The Bertz CT molecular complexity index is 529. The molecule has 2 aromatic heterocycles. The van der Waals surface area contributed by atoms with E-state index >= 15 is 0 Å². The van der Waals surface area contributed by atoms with Gasteiger partial charge in [-0.2, -0.15) is 4.98 Å². The number of fused-ring (bicyclic) bond motifs is 1. The number of aromatic nitrogens is 3. The van der Waals surface area contributed by atoms with E-state index in [9.17, 15) is 0 Å². The molecule has 0 fully saturated rings. The second-order valence-electron chi connectivity index (χ2n) is 4.44. The molecule has 0 unspecified atom stereocenters. The molecule has 0 bridgehead atoms. The maximum Gasteiger partial charge on any atom is 0.236 e. The second kappa shape index (κ2) is 5.57. The zero-order valence-electron chi connectivity index (χ0n) is 11.1. The first-order valence-corrected chi connectivity index (χ1v) is 6.80. The lowest BCUT2D eigenvalue weighted by molar-refractivity contribution is 0.724. The van der Waals surface area contributed by atoms with Crippen LogP contribution >= 0.6 is 11.6 Å². The summed E-state index contributed by atoms with van der Waals surface area (Å²) >= 11 is 6.20. The fourth-order valence-electron chi connectivity index (χ4n) is 2.24. The van der Waals surface area contributed by atoms with E-state index in [0.717, 1.165) is 37.3 Å². The normalized spacial score (nSPS) is 11.1. The second-order valence-corrected chi connectivity index (χ2v) is 4.79. The quantitative estimate of drug-likeness (QED) is 0.779. The molecule has 0 aromatic carbocycles. The summed E-state index contributed by atoms with van der Waals surface area (Å²) in [5.41, 5.74) is 1.02. The Morgan fingerprint density at radius 1 is 1.28 bits per heavy atom. The smallest absolute Gasteiger partial charge is 0.236 e. The Morgan fingerprint density at radius 2 is 1.94 bits per heavy atom. The first-order valence-electron chi connectivity index (χ1n) is 6.43. The summed E-state index contributed by atoms with van der Waals surface area (Å²) in [6.07, 6.45) is 5.92. The van der Waals surface area contributed by atoms with Crippen LogP contribution in [-0.2, 0) is 0 Å². The molecule has 5 heteroatoms. The molecule has 2 heterocycles. The highest BCUT2D eigenvalue weighted by atomic mass is 35.5. The Kier molecular flexibility index (Phi) is 4.07. The summed E-state index contributed by atoms with van der Waals surface area (Å²) in [5.74, 6) is 1.78. The molecule has 2 rings (SSSR count). The maximum absolute atomic E-state index is 6.20. The van der Waals surface area contributed by atoms with Gasteiger partial charge in [-0.25, -0.2) is 4.98 Å².